The summed E-state index contributed by atoms with van der Waals surface area (Å²) in [6.45, 7) is 3.14. The Hall–Kier alpha value is -4.80. The summed E-state index contributed by atoms with van der Waals surface area (Å²) in [5, 5.41) is 11.4. The molecule has 3 aliphatic carbocycles. The lowest BCUT2D eigenvalue weighted by atomic mass is 9.59. The number of ether oxygens (including phenoxy) is 2. The van der Waals surface area contributed by atoms with E-state index in [2.05, 4.69) is 20.8 Å². The smallest absolute Gasteiger partial charge is 0.238 e. The first-order chi connectivity index (χ1) is 23.8. The number of morpholine rings is 1. The minimum absolute atomic E-state index is 0.0873. The number of hydrogen-bond acceptors (Lipinski definition) is 8. The van der Waals surface area contributed by atoms with E-state index in [0.717, 1.165) is 29.9 Å². The molecule has 4 atom stereocenters. The Morgan fingerprint density at radius 1 is 0.878 bits per heavy atom. The molecule has 5 aliphatic rings. The maximum absolute atomic E-state index is 14.3. The number of hydrogen-bond donors (Lipinski definition) is 1. The highest BCUT2D eigenvalue weighted by atomic mass is 79.9. The molecule has 0 saturated carbocycles. The van der Waals surface area contributed by atoms with Crippen LogP contribution >= 0.6 is 15.9 Å². The van der Waals surface area contributed by atoms with Crippen LogP contribution in [0.3, 0.4) is 0 Å². The summed E-state index contributed by atoms with van der Waals surface area (Å²) in [4.78, 5) is 58.9. The van der Waals surface area contributed by atoms with Crippen LogP contribution in [0.1, 0.15) is 29.9 Å². The number of aromatic hydroxyl groups is 1. The topological polar surface area (TPSA) is 113 Å². The van der Waals surface area contributed by atoms with Crippen molar-refractivity contribution >= 4 is 50.7 Å². The zero-order valence-corrected chi connectivity index (χ0v) is 28.1. The first kappa shape index (κ1) is 31.5. The third kappa shape index (κ3) is 5.43. The van der Waals surface area contributed by atoms with Gasteiger partial charge in [0.2, 0.25) is 11.8 Å². The van der Waals surface area contributed by atoms with Crippen molar-refractivity contribution in [2.24, 2.45) is 17.8 Å². The van der Waals surface area contributed by atoms with Gasteiger partial charge in [-0.2, -0.15) is 0 Å². The lowest BCUT2D eigenvalue weighted by Crippen LogP contribution is -2.39. The molecule has 1 N–H and O–H groups in total. The minimum atomic E-state index is -0.768. The van der Waals surface area contributed by atoms with Crippen molar-refractivity contribution in [2.75, 3.05) is 36.1 Å². The van der Waals surface area contributed by atoms with Gasteiger partial charge < -0.3 is 19.5 Å². The number of nitrogens with zero attached hydrogens (tertiary/aromatic N) is 2. The van der Waals surface area contributed by atoms with Gasteiger partial charge in [0.25, 0.3) is 0 Å². The number of anilines is 2. The van der Waals surface area contributed by atoms with E-state index in [1.807, 2.05) is 48.5 Å². The third-order valence-electron chi connectivity index (χ3n) is 10.4. The Kier molecular flexibility index (Phi) is 8.08. The third-order valence-corrected chi connectivity index (χ3v) is 11.0. The number of benzene rings is 3. The first-order valence-electron chi connectivity index (χ1n) is 16.5. The first-order valence-corrected chi connectivity index (χ1v) is 17.3. The Morgan fingerprint density at radius 2 is 1.61 bits per heavy atom. The fourth-order valence-electron chi connectivity index (χ4n) is 8.05. The number of halogens is 1. The van der Waals surface area contributed by atoms with Crippen molar-refractivity contribution in [3.8, 4) is 11.5 Å². The van der Waals surface area contributed by atoms with E-state index in [0.29, 0.717) is 54.4 Å². The van der Waals surface area contributed by atoms with E-state index in [1.165, 1.54) is 17.0 Å². The van der Waals surface area contributed by atoms with E-state index in [1.54, 1.807) is 24.3 Å². The Morgan fingerprint density at radius 3 is 2.35 bits per heavy atom. The number of carbonyl (C=O) groups is 4. The van der Waals surface area contributed by atoms with Crippen LogP contribution in [0.4, 0.5) is 11.4 Å². The summed E-state index contributed by atoms with van der Waals surface area (Å²) >= 11 is 3.27. The number of Topliss-reactive ketones (excluding diaryl/α,β-unsaturated/α-hetero) is 1. The number of phenolic OH excluding ortho intramolecular Hbond substituents is 1. The molecular weight excluding hydrogens is 688 g/mol. The molecule has 3 aromatic carbocycles. The van der Waals surface area contributed by atoms with Gasteiger partial charge in [-0.3, -0.25) is 24.1 Å². The Bertz CT molecular complexity index is 1980. The van der Waals surface area contributed by atoms with Crippen LogP contribution in [-0.2, 0) is 30.5 Å². The molecule has 49 heavy (non-hydrogen) atoms. The molecule has 0 aromatic heterocycles. The monoisotopic (exact) mass is 720 g/mol. The van der Waals surface area contributed by atoms with Gasteiger partial charge in [-0.25, -0.2) is 0 Å². The molecule has 10 heteroatoms. The second-order valence-electron chi connectivity index (χ2n) is 13.0. The molecule has 0 unspecified atom stereocenters. The standard InChI is InChI=1S/C39H33BrN2O7/c40-31-20-33(44)36-30(37(31)45)19-29-26(34(36)27-11-10-25(18-32(27)43)49-21-22-4-2-1-3-5-22)12-13-28-35(29)39(47)42(38(28)46)24-8-6-23(7-9-24)41-14-16-48-17-15-41/h1-12,18,20,28-29,34-35,43H,13-17,19,21H2/t28-,29+,34+,35-/m0/s1. The maximum Gasteiger partial charge on any atom is 0.238 e. The normalized spacial score (nSPS) is 25.1. The van der Waals surface area contributed by atoms with Crippen molar-refractivity contribution < 1.29 is 33.8 Å². The number of rotatable bonds is 6. The quantitative estimate of drug-likeness (QED) is 0.194. The highest BCUT2D eigenvalue weighted by Gasteiger charge is 2.57. The van der Waals surface area contributed by atoms with Gasteiger partial charge in [0.15, 0.2) is 11.6 Å². The zero-order valence-electron chi connectivity index (χ0n) is 26.5. The fourth-order valence-corrected chi connectivity index (χ4v) is 8.50. The second-order valence-corrected chi connectivity index (χ2v) is 13.9. The van der Waals surface area contributed by atoms with Crippen LogP contribution < -0.4 is 14.5 Å². The van der Waals surface area contributed by atoms with E-state index in [9.17, 15) is 24.3 Å². The molecule has 2 saturated heterocycles. The summed E-state index contributed by atoms with van der Waals surface area (Å²) in [5.74, 6) is -3.47. The number of ketones is 2. The van der Waals surface area contributed by atoms with Crippen LogP contribution in [0.15, 0.2) is 106 Å². The molecule has 3 aromatic rings. The molecule has 0 spiro atoms. The van der Waals surface area contributed by atoms with Crippen molar-refractivity contribution in [1.29, 1.82) is 0 Å². The molecule has 2 aliphatic heterocycles. The van der Waals surface area contributed by atoms with E-state index in [-0.39, 0.29) is 40.0 Å². The van der Waals surface area contributed by atoms with E-state index < -0.39 is 23.7 Å². The van der Waals surface area contributed by atoms with Gasteiger partial charge in [-0.15, -0.1) is 0 Å². The Labute approximate surface area is 291 Å². The second kappa shape index (κ2) is 12.6. The molecule has 248 valence electrons. The number of carbonyl (C=O) groups excluding carboxylic acids is 4. The average Bonchev–Trinajstić information content (AvgIpc) is 3.39. The van der Waals surface area contributed by atoms with E-state index >= 15 is 0 Å². The molecule has 0 radical (unpaired) electrons. The minimum Gasteiger partial charge on any atom is -0.507 e. The number of allylic oxidation sites excluding steroid dienone is 6. The van der Waals surface area contributed by atoms with E-state index in [4.69, 9.17) is 9.47 Å². The SMILES string of the molecule is O=C1C=C(Br)C(=O)C2=C1[C@@H](c1ccc(OCc3ccccc3)cc1O)C1=CC[C@@H]3C(=O)N(c4ccc(N5CCOCC5)cc4)C(=O)[C@@H]3[C@@H]1C2. The van der Waals surface area contributed by atoms with Crippen LogP contribution in [0.2, 0.25) is 0 Å². The predicted molar refractivity (Wildman–Crippen MR) is 185 cm³/mol. The van der Waals surface area contributed by atoms with Crippen LogP contribution in [0, 0.1) is 17.8 Å². The zero-order chi connectivity index (χ0) is 33.8. The molecule has 2 fully saturated rings. The largest absolute Gasteiger partial charge is 0.507 e. The summed E-state index contributed by atoms with van der Waals surface area (Å²) in [6.07, 6.45) is 3.68. The van der Waals surface area contributed by atoms with Crippen molar-refractivity contribution in [2.45, 2.75) is 25.4 Å². The lowest BCUT2D eigenvalue weighted by Gasteiger charge is -2.42. The summed E-state index contributed by atoms with van der Waals surface area (Å²) < 4.78 is 11.6. The highest BCUT2D eigenvalue weighted by molar-refractivity contribution is 9.12. The van der Waals surface area contributed by atoms with Crippen LogP contribution in [0.25, 0.3) is 0 Å². The van der Waals surface area contributed by atoms with Crippen molar-refractivity contribution in [3.05, 3.63) is 117 Å². The lowest BCUT2D eigenvalue weighted by molar-refractivity contribution is -0.123. The Balaban J connectivity index is 1.13. The van der Waals surface area contributed by atoms with Crippen LogP contribution in [0.5, 0.6) is 11.5 Å². The van der Waals surface area contributed by atoms with Gasteiger partial charge in [0.05, 0.1) is 35.2 Å². The summed E-state index contributed by atoms with van der Waals surface area (Å²) in [7, 11) is 0. The molecule has 2 heterocycles. The number of amides is 2. The number of phenols is 1. The highest BCUT2D eigenvalue weighted by Crippen LogP contribution is 2.56. The van der Waals surface area contributed by atoms with Crippen LogP contribution in [-0.4, -0.2) is 54.8 Å². The molecule has 2 amide bonds. The molecule has 9 nitrogen and oxygen atoms in total. The molecule has 0 bridgehead atoms. The molecular formula is C39H33BrN2O7. The van der Waals surface area contributed by atoms with Gasteiger partial charge >= 0.3 is 0 Å². The maximum atomic E-state index is 14.3. The summed E-state index contributed by atoms with van der Waals surface area (Å²) in [5.41, 5.74) is 4.30. The predicted octanol–water partition coefficient (Wildman–Crippen LogP) is 5.77. The van der Waals surface area contributed by atoms with Crippen molar-refractivity contribution in [3.63, 3.8) is 0 Å². The van der Waals surface area contributed by atoms with Gasteiger partial charge in [0, 0.05) is 53.5 Å². The summed E-state index contributed by atoms with van der Waals surface area (Å²) in [6, 6.07) is 22.1. The number of imide groups is 1. The van der Waals surface area contributed by atoms with Gasteiger partial charge in [-0.05, 0) is 70.6 Å². The van der Waals surface area contributed by atoms with Gasteiger partial charge in [-0.1, -0.05) is 48.0 Å². The van der Waals surface area contributed by atoms with Gasteiger partial charge in [0.1, 0.15) is 18.1 Å². The van der Waals surface area contributed by atoms with Crippen molar-refractivity contribution in [1.82, 2.24) is 0 Å². The molecule has 8 rings (SSSR count). The fraction of sp³-hybridized carbons (Fsp3) is 0.282. The number of fused-ring (bicyclic) bond motifs is 3. The average molecular weight is 722 g/mol.